The van der Waals surface area contributed by atoms with Gasteiger partial charge in [-0.05, 0) is 30.0 Å². The minimum atomic E-state index is -0.259. The fraction of sp³-hybridized carbons (Fsp3) is 0.440. The summed E-state index contributed by atoms with van der Waals surface area (Å²) < 4.78 is 2.02. The van der Waals surface area contributed by atoms with Gasteiger partial charge in [0.15, 0.2) is 0 Å². The van der Waals surface area contributed by atoms with Crippen LogP contribution in [0.4, 0.5) is 0 Å². The Morgan fingerprint density at radius 1 is 1.10 bits per heavy atom. The van der Waals surface area contributed by atoms with Crippen LogP contribution in [0.5, 0.6) is 0 Å². The Hall–Kier alpha value is -2.82. The lowest BCUT2D eigenvalue weighted by Gasteiger charge is -2.30. The van der Waals surface area contributed by atoms with Gasteiger partial charge in [0.05, 0.1) is 12.5 Å². The molecular formula is C25H35N3O2. The van der Waals surface area contributed by atoms with E-state index in [0.717, 1.165) is 11.3 Å². The first kappa shape index (κ1) is 23.5. The number of nitrogens with zero attached hydrogens (tertiary/aromatic N) is 3. The summed E-state index contributed by atoms with van der Waals surface area (Å²) in [7, 11) is 1.98. The van der Waals surface area contributed by atoms with E-state index in [9.17, 15) is 9.59 Å². The molecule has 0 aliphatic heterocycles. The molecule has 1 heterocycles. The molecule has 2 amide bonds. The van der Waals surface area contributed by atoms with Crippen LogP contribution in [0.25, 0.3) is 0 Å². The highest BCUT2D eigenvalue weighted by Gasteiger charge is 2.27. The quantitative estimate of drug-likeness (QED) is 0.522. The van der Waals surface area contributed by atoms with E-state index in [2.05, 4.69) is 20.4 Å². The molecule has 2 rings (SSSR count). The van der Waals surface area contributed by atoms with Crippen molar-refractivity contribution >= 4 is 11.8 Å². The van der Waals surface area contributed by atoms with E-state index in [0.29, 0.717) is 32.0 Å². The van der Waals surface area contributed by atoms with Gasteiger partial charge in [0.2, 0.25) is 11.8 Å². The molecule has 0 aliphatic rings. The fourth-order valence-electron chi connectivity index (χ4n) is 3.66. The molecule has 30 heavy (non-hydrogen) atoms. The minimum Gasteiger partial charge on any atom is -0.353 e. The normalized spacial score (nSPS) is 11.9. The first-order valence-corrected chi connectivity index (χ1v) is 10.7. The van der Waals surface area contributed by atoms with Gasteiger partial charge in [-0.3, -0.25) is 9.59 Å². The Bertz CT molecular complexity index is 826. The van der Waals surface area contributed by atoms with Crippen LogP contribution >= 0.6 is 0 Å². The molecule has 0 aliphatic carbocycles. The van der Waals surface area contributed by atoms with Crippen molar-refractivity contribution < 1.29 is 9.59 Å². The van der Waals surface area contributed by atoms with Crippen molar-refractivity contribution in [2.75, 3.05) is 19.6 Å². The third-order valence-corrected chi connectivity index (χ3v) is 5.24. The summed E-state index contributed by atoms with van der Waals surface area (Å²) >= 11 is 0. The summed E-state index contributed by atoms with van der Waals surface area (Å²) in [4.78, 5) is 30.0. The van der Waals surface area contributed by atoms with E-state index in [-0.39, 0.29) is 24.3 Å². The molecule has 0 spiro atoms. The lowest BCUT2D eigenvalue weighted by Crippen LogP contribution is -2.45. The second kappa shape index (κ2) is 11.4. The molecule has 1 aromatic carbocycles. The Balaban J connectivity index is 2.19. The molecule has 0 unspecified atom stereocenters. The number of rotatable bonds is 11. The molecule has 0 fully saturated rings. The summed E-state index contributed by atoms with van der Waals surface area (Å²) in [5.41, 5.74) is 2.05. The van der Waals surface area contributed by atoms with Gasteiger partial charge in [0.25, 0.3) is 0 Å². The predicted octanol–water partition coefficient (Wildman–Crippen LogP) is 4.22. The Morgan fingerprint density at radius 3 is 2.33 bits per heavy atom. The first-order chi connectivity index (χ1) is 14.4. The third-order valence-electron chi connectivity index (χ3n) is 5.24. The molecule has 0 bridgehead atoms. The van der Waals surface area contributed by atoms with Crippen LogP contribution in [0.2, 0.25) is 0 Å². The van der Waals surface area contributed by atoms with Crippen LogP contribution in [-0.4, -0.2) is 45.8 Å². The van der Waals surface area contributed by atoms with Gasteiger partial charge in [0.1, 0.15) is 6.54 Å². The fourth-order valence-corrected chi connectivity index (χ4v) is 3.66. The number of benzene rings is 1. The molecule has 0 N–H and O–H groups in total. The lowest BCUT2D eigenvalue weighted by atomic mass is 9.95. The van der Waals surface area contributed by atoms with E-state index in [4.69, 9.17) is 0 Å². The first-order valence-electron chi connectivity index (χ1n) is 10.7. The van der Waals surface area contributed by atoms with Crippen LogP contribution in [0, 0.1) is 5.92 Å². The van der Waals surface area contributed by atoms with Crippen LogP contribution in [0.3, 0.4) is 0 Å². The highest BCUT2D eigenvalue weighted by molar-refractivity contribution is 5.88. The van der Waals surface area contributed by atoms with Crippen LogP contribution in [0.1, 0.15) is 44.4 Å². The van der Waals surface area contributed by atoms with E-state index in [1.807, 2.05) is 72.1 Å². The van der Waals surface area contributed by atoms with Crippen LogP contribution in [0.15, 0.2) is 61.3 Å². The highest BCUT2D eigenvalue weighted by Crippen LogP contribution is 2.22. The number of carbonyl (C=O) groups is 2. The summed E-state index contributed by atoms with van der Waals surface area (Å²) in [6.07, 6.45) is 4.35. The number of aromatic nitrogens is 1. The largest absolute Gasteiger partial charge is 0.353 e. The number of hydrogen-bond donors (Lipinski definition) is 0. The van der Waals surface area contributed by atoms with Gasteiger partial charge in [-0.15, -0.1) is 6.58 Å². The molecule has 2 aromatic rings. The molecule has 5 heteroatoms. The molecule has 5 nitrogen and oxygen atoms in total. The highest BCUT2D eigenvalue weighted by atomic mass is 16.2. The molecule has 1 aromatic heterocycles. The van der Waals surface area contributed by atoms with Crippen molar-refractivity contribution in [2.24, 2.45) is 13.0 Å². The maximum atomic E-state index is 13.3. The second-order valence-electron chi connectivity index (χ2n) is 8.16. The SMILES string of the molecule is C=CCN(CC(=O)N(Cc1cccn1C)CC(C)C)C(=O)[C@@H](CC)c1ccccc1. The van der Waals surface area contributed by atoms with Gasteiger partial charge in [-0.25, -0.2) is 0 Å². The maximum absolute atomic E-state index is 13.3. The second-order valence-corrected chi connectivity index (χ2v) is 8.16. The molecule has 0 saturated heterocycles. The predicted molar refractivity (Wildman–Crippen MR) is 122 cm³/mol. The summed E-state index contributed by atoms with van der Waals surface area (Å²) in [5.74, 6) is 0.0131. The monoisotopic (exact) mass is 409 g/mol. The Morgan fingerprint density at radius 2 is 1.80 bits per heavy atom. The Kier molecular flexibility index (Phi) is 8.90. The van der Waals surface area contributed by atoms with Gasteiger partial charge in [0, 0.05) is 32.0 Å². The molecule has 0 saturated carbocycles. The topological polar surface area (TPSA) is 45.6 Å². The molecule has 0 radical (unpaired) electrons. The number of amides is 2. The third kappa shape index (κ3) is 6.34. The van der Waals surface area contributed by atoms with Crippen molar-refractivity contribution in [1.29, 1.82) is 0 Å². The van der Waals surface area contributed by atoms with E-state index >= 15 is 0 Å². The van der Waals surface area contributed by atoms with Crippen molar-refractivity contribution in [3.8, 4) is 0 Å². The summed E-state index contributed by atoms with van der Waals surface area (Å²) in [6.45, 7) is 11.6. The molecule has 162 valence electrons. The molecule has 1 atom stereocenters. The zero-order valence-electron chi connectivity index (χ0n) is 18.8. The van der Waals surface area contributed by atoms with E-state index < -0.39 is 0 Å². The maximum Gasteiger partial charge on any atom is 0.242 e. The zero-order chi connectivity index (χ0) is 22.1. The summed E-state index contributed by atoms with van der Waals surface area (Å²) in [5, 5.41) is 0. The van der Waals surface area contributed by atoms with Crippen molar-refractivity contribution in [3.63, 3.8) is 0 Å². The van der Waals surface area contributed by atoms with Gasteiger partial charge in [-0.1, -0.05) is 57.2 Å². The number of aryl methyl sites for hydroxylation is 1. The van der Waals surface area contributed by atoms with Crippen molar-refractivity contribution in [1.82, 2.24) is 14.4 Å². The van der Waals surface area contributed by atoms with Gasteiger partial charge < -0.3 is 14.4 Å². The minimum absolute atomic E-state index is 0.0275. The zero-order valence-corrected chi connectivity index (χ0v) is 18.8. The number of hydrogen-bond acceptors (Lipinski definition) is 2. The smallest absolute Gasteiger partial charge is 0.242 e. The van der Waals surface area contributed by atoms with E-state index in [1.165, 1.54) is 0 Å². The van der Waals surface area contributed by atoms with Gasteiger partial charge in [-0.2, -0.15) is 0 Å². The summed E-state index contributed by atoms with van der Waals surface area (Å²) in [6, 6.07) is 13.8. The lowest BCUT2D eigenvalue weighted by molar-refractivity contribution is -0.141. The van der Waals surface area contributed by atoms with E-state index in [1.54, 1.807) is 11.0 Å². The standard InChI is InChI=1S/C25H35N3O2/c1-6-15-27(25(30)23(7-2)21-12-9-8-10-13-21)19-24(29)28(17-20(3)4)18-22-14-11-16-26(22)5/h6,8-14,16,20,23H,1,7,15,17-19H2,2-5H3/t23-/m0/s1. The van der Waals surface area contributed by atoms with Crippen LogP contribution in [-0.2, 0) is 23.2 Å². The van der Waals surface area contributed by atoms with Gasteiger partial charge >= 0.3 is 0 Å². The van der Waals surface area contributed by atoms with Crippen LogP contribution < -0.4 is 0 Å². The Labute approximate surface area is 181 Å². The molecular weight excluding hydrogens is 374 g/mol. The number of carbonyl (C=O) groups excluding carboxylic acids is 2. The average Bonchev–Trinajstić information content (AvgIpc) is 3.12. The average molecular weight is 410 g/mol. The van der Waals surface area contributed by atoms with Crippen molar-refractivity contribution in [3.05, 3.63) is 72.6 Å². The van der Waals surface area contributed by atoms with Crippen molar-refractivity contribution in [2.45, 2.75) is 39.7 Å².